The molecule has 0 bridgehead atoms. The second kappa shape index (κ2) is 3.16. The van der Waals surface area contributed by atoms with Gasteiger partial charge in [-0.05, 0) is 12.0 Å². The Morgan fingerprint density at radius 1 is 1.28 bits per heavy atom. The van der Waals surface area contributed by atoms with Crippen LogP contribution in [0.2, 0.25) is 0 Å². The molecule has 2 fully saturated rings. The Balaban J connectivity index is 1.96. The third-order valence-electron chi connectivity index (χ3n) is 3.83. The summed E-state index contributed by atoms with van der Waals surface area (Å²) in [6.45, 7) is 0.825. The van der Waals surface area contributed by atoms with E-state index in [0.29, 0.717) is 12.0 Å². The molecule has 0 spiro atoms. The van der Waals surface area contributed by atoms with Crippen LogP contribution in [-0.4, -0.2) is 11.8 Å². The van der Waals surface area contributed by atoms with E-state index in [1.54, 1.807) is 0 Å². The lowest BCUT2D eigenvalue weighted by molar-refractivity contribution is -0.127. The fraction of sp³-hybridized carbons (Fsp3) is 0.385. The second-order valence-corrected chi connectivity index (χ2v) is 5.01. The molecule has 1 aromatic rings. The summed E-state index contributed by atoms with van der Waals surface area (Å²) in [7, 11) is 0. The molecule has 2 aliphatic rings. The van der Waals surface area contributed by atoms with Gasteiger partial charge in [0.25, 0.3) is 5.92 Å². The van der Waals surface area contributed by atoms with Crippen LogP contribution in [0.5, 0.6) is 0 Å². The number of hydrogen-bond donors (Lipinski definition) is 1. The highest BCUT2D eigenvalue weighted by molar-refractivity contribution is 6.15. The number of rotatable bonds is 2. The maximum atomic E-state index is 13.1. The van der Waals surface area contributed by atoms with Crippen molar-refractivity contribution >= 4 is 11.8 Å². The van der Waals surface area contributed by atoms with Gasteiger partial charge >= 0.3 is 0 Å². The Morgan fingerprint density at radius 2 is 1.89 bits per heavy atom. The van der Waals surface area contributed by atoms with Crippen LogP contribution in [0, 0.1) is 5.92 Å². The molecule has 1 saturated carbocycles. The Bertz CT molecular complexity index is 547. The number of amides is 2. The van der Waals surface area contributed by atoms with Crippen LogP contribution in [0.1, 0.15) is 24.5 Å². The van der Waals surface area contributed by atoms with Crippen molar-refractivity contribution in [3.05, 3.63) is 35.4 Å². The average Bonchev–Trinajstić information content (AvgIpc) is 2.99. The first-order valence-electron chi connectivity index (χ1n) is 5.70. The highest BCUT2D eigenvalue weighted by Gasteiger charge is 2.69. The molecule has 1 aromatic carbocycles. The summed E-state index contributed by atoms with van der Waals surface area (Å²) in [5, 5.41) is 2.27. The van der Waals surface area contributed by atoms with Crippen molar-refractivity contribution in [2.75, 3.05) is 0 Å². The van der Waals surface area contributed by atoms with Gasteiger partial charge in [0.15, 0.2) is 0 Å². The van der Waals surface area contributed by atoms with Gasteiger partial charge in [-0.1, -0.05) is 24.3 Å². The first-order valence-corrected chi connectivity index (χ1v) is 5.70. The summed E-state index contributed by atoms with van der Waals surface area (Å²) < 4.78 is 26.1. The lowest BCUT2D eigenvalue weighted by Crippen LogP contribution is -2.30. The molecule has 1 saturated heterocycles. The highest BCUT2D eigenvalue weighted by atomic mass is 19.3. The Morgan fingerprint density at radius 3 is 2.28 bits per heavy atom. The third-order valence-corrected chi connectivity index (χ3v) is 3.83. The van der Waals surface area contributed by atoms with Crippen molar-refractivity contribution in [1.29, 1.82) is 0 Å². The van der Waals surface area contributed by atoms with Gasteiger partial charge in [-0.2, -0.15) is 0 Å². The SMILES string of the molecule is CC(F)(F)c1ccc(C23CC2C(=O)NC3=O)cc1. The number of carbonyl (C=O) groups excluding carboxylic acids is 2. The summed E-state index contributed by atoms with van der Waals surface area (Å²) in [6, 6.07) is 5.67. The monoisotopic (exact) mass is 251 g/mol. The van der Waals surface area contributed by atoms with Crippen LogP contribution in [0.3, 0.4) is 0 Å². The molecule has 1 N–H and O–H groups in total. The lowest BCUT2D eigenvalue weighted by atomic mass is 9.93. The van der Waals surface area contributed by atoms with Crippen LogP contribution in [-0.2, 0) is 20.9 Å². The van der Waals surface area contributed by atoms with Crippen LogP contribution in [0.4, 0.5) is 8.78 Å². The van der Waals surface area contributed by atoms with Crippen molar-refractivity contribution in [2.45, 2.75) is 24.7 Å². The van der Waals surface area contributed by atoms with Crippen LogP contribution in [0.25, 0.3) is 0 Å². The largest absolute Gasteiger partial charge is 0.295 e. The summed E-state index contributed by atoms with van der Waals surface area (Å²) in [5.74, 6) is -3.79. The molecule has 0 aromatic heterocycles. The van der Waals surface area contributed by atoms with Gasteiger partial charge in [-0.15, -0.1) is 0 Å². The predicted molar refractivity (Wildman–Crippen MR) is 58.9 cm³/mol. The van der Waals surface area contributed by atoms with Crippen LogP contribution >= 0.6 is 0 Å². The Kier molecular flexibility index (Phi) is 1.99. The van der Waals surface area contributed by atoms with Crippen molar-refractivity contribution in [1.82, 2.24) is 5.32 Å². The van der Waals surface area contributed by atoms with Gasteiger partial charge in [0, 0.05) is 12.5 Å². The van der Waals surface area contributed by atoms with Crippen molar-refractivity contribution in [3.8, 4) is 0 Å². The molecule has 0 radical (unpaired) electrons. The number of nitrogens with one attached hydrogen (secondary N) is 1. The molecule has 2 atom stereocenters. The van der Waals surface area contributed by atoms with E-state index < -0.39 is 11.3 Å². The number of alkyl halides is 2. The van der Waals surface area contributed by atoms with Gasteiger partial charge in [0.2, 0.25) is 11.8 Å². The normalized spacial score (nSPS) is 30.1. The van der Waals surface area contributed by atoms with Crippen LogP contribution < -0.4 is 5.32 Å². The van der Waals surface area contributed by atoms with E-state index in [2.05, 4.69) is 5.32 Å². The van der Waals surface area contributed by atoms with E-state index >= 15 is 0 Å². The Hall–Kier alpha value is -1.78. The third kappa shape index (κ3) is 1.33. The molecular formula is C13H11F2NO2. The maximum absolute atomic E-state index is 13.1. The lowest BCUT2D eigenvalue weighted by Gasteiger charge is -2.14. The predicted octanol–water partition coefficient (Wildman–Crippen LogP) is 1.71. The molecular weight excluding hydrogens is 240 g/mol. The minimum atomic E-state index is -2.90. The number of hydrogen-bond acceptors (Lipinski definition) is 2. The van der Waals surface area contributed by atoms with Gasteiger partial charge in [-0.25, -0.2) is 8.78 Å². The number of fused-ring (bicyclic) bond motifs is 1. The minimum Gasteiger partial charge on any atom is -0.295 e. The zero-order valence-electron chi connectivity index (χ0n) is 9.67. The minimum absolute atomic E-state index is 0.0930. The summed E-state index contributed by atoms with van der Waals surface area (Å²) in [6.07, 6.45) is 0.486. The number of piperidine rings is 1. The molecule has 94 valence electrons. The second-order valence-electron chi connectivity index (χ2n) is 5.01. The number of benzene rings is 1. The quantitative estimate of drug-likeness (QED) is 0.813. The van der Waals surface area contributed by atoms with E-state index in [1.165, 1.54) is 24.3 Å². The fourth-order valence-corrected chi connectivity index (χ4v) is 2.65. The first-order chi connectivity index (χ1) is 8.35. The van der Waals surface area contributed by atoms with Gasteiger partial charge in [-0.3, -0.25) is 14.9 Å². The van der Waals surface area contributed by atoms with Gasteiger partial charge in [0.05, 0.1) is 11.3 Å². The molecule has 2 amide bonds. The molecule has 18 heavy (non-hydrogen) atoms. The van der Waals surface area contributed by atoms with E-state index in [1.807, 2.05) is 0 Å². The zero-order valence-corrected chi connectivity index (χ0v) is 9.67. The summed E-state index contributed by atoms with van der Waals surface area (Å²) >= 11 is 0. The van der Waals surface area contributed by atoms with Gasteiger partial charge in [0.1, 0.15) is 0 Å². The van der Waals surface area contributed by atoms with E-state index in [9.17, 15) is 18.4 Å². The molecule has 2 unspecified atom stereocenters. The van der Waals surface area contributed by atoms with Crippen molar-refractivity contribution < 1.29 is 18.4 Å². The molecule has 5 heteroatoms. The van der Waals surface area contributed by atoms with E-state index in [-0.39, 0.29) is 23.3 Å². The average molecular weight is 251 g/mol. The highest BCUT2D eigenvalue weighted by Crippen LogP contribution is 2.57. The standard InChI is InChI=1S/C13H11F2NO2/c1-12(14,15)7-2-4-8(5-3-7)13-6-9(13)10(17)16-11(13)18/h2-5,9H,6H2,1H3,(H,16,17,18). The van der Waals surface area contributed by atoms with Crippen molar-refractivity contribution in [2.24, 2.45) is 5.92 Å². The zero-order chi connectivity index (χ0) is 13.1. The summed E-state index contributed by atoms with van der Waals surface area (Å²) in [4.78, 5) is 23.1. The smallest absolute Gasteiger partial charge is 0.270 e. The van der Waals surface area contributed by atoms with E-state index in [0.717, 1.165) is 6.92 Å². The molecule has 1 aliphatic heterocycles. The Labute approximate surface area is 102 Å². The number of halogens is 2. The molecule has 1 aliphatic carbocycles. The number of imide groups is 1. The molecule has 1 heterocycles. The molecule has 3 nitrogen and oxygen atoms in total. The van der Waals surface area contributed by atoms with Crippen molar-refractivity contribution in [3.63, 3.8) is 0 Å². The molecule has 3 rings (SSSR count). The fourth-order valence-electron chi connectivity index (χ4n) is 2.65. The topological polar surface area (TPSA) is 46.2 Å². The first kappa shape index (κ1) is 11.3. The van der Waals surface area contributed by atoms with E-state index in [4.69, 9.17) is 0 Å². The van der Waals surface area contributed by atoms with Crippen LogP contribution in [0.15, 0.2) is 24.3 Å². The maximum Gasteiger partial charge on any atom is 0.270 e. The number of carbonyl (C=O) groups is 2. The van der Waals surface area contributed by atoms with Gasteiger partial charge < -0.3 is 0 Å². The summed E-state index contributed by atoms with van der Waals surface area (Å²) in [5.41, 5.74) is -0.244.